The minimum atomic E-state index is -0.927. The number of nitrogens with one attached hydrogen (secondary N) is 1. The zero-order chi connectivity index (χ0) is 13.0. The highest BCUT2D eigenvalue weighted by molar-refractivity contribution is 5.69. The lowest BCUT2D eigenvalue weighted by Gasteiger charge is -2.20. The largest absolute Gasteiger partial charge is 0.481 e. The van der Waals surface area contributed by atoms with E-state index in [4.69, 9.17) is 5.11 Å². The van der Waals surface area contributed by atoms with Crippen LogP contribution in [0.2, 0.25) is 0 Å². The van der Waals surface area contributed by atoms with E-state index < -0.39 is 12.0 Å². The highest BCUT2D eigenvalue weighted by atomic mass is 16.4. The number of carboxylic acids is 1. The van der Waals surface area contributed by atoms with Gasteiger partial charge >= 0.3 is 5.97 Å². The molecule has 1 aromatic carbocycles. The molecule has 92 valence electrons. The summed E-state index contributed by atoms with van der Waals surface area (Å²) in [5, 5.41) is 11.4. The molecule has 0 heterocycles. The van der Waals surface area contributed by atoms with Crippen LogP contribution in [0.4, 0.5) is 0 Å². The Morgan fingerprint density at radius 1 is 1.35 bits per heavy atom. The Morgan fingerprint density at radius 3 is 2.29 bits per heavy atom. The molecule has 17 heavy (non-hydrogen) atoms. The Kier molecular flexibility index (Phi) is 4.26. The fraction of sp³-hybridized carbons (Fsp3) is 0.385. The number of hydrogen-bond donors (Lipinski definition) is 2. The van der Waals surface area contributed by atoms with Gasteiger partial charge in [0.1, 0.15) is 0 Å². The Bertz CT molecular complexity index is 417. The summed E-state index contributed by atoms with van der Waals surface area (Å²) in [5.41, 5.74) is 4.03. The summed E-state index contributed by atoms with van der Waals surface area (Å²) < 4.78 is 0. The average Bonchev–Trinajstić information content (AvgIpc) is 2.14. The van der Waals surface area contributed by atoms with Crippen LogP contribution in [0, 0.1) is 20.8 Å². The maximum Gasteiger partial charge on any atom is 0.305 e. The monoisotopic (exact) mass is 235 g/mol. The predicted octanol–water partition coefficient (Wildman–Crippen LogP) is 1.87. The first-order valence-electron chi connectivity index (χ1n) is 5.45. The number of rotatable bonds is 5. The van der Waals surface area contributed by atoms with Crippen LogP contribution in [-0.4, -0.2) is 17.5 Å². The van der Waals surface area contributed by atoms with Gasteiger partial charge in [-0.3, -0.25) is 9.59 Å². The number of aryl methyl sites for hydroxylation is 3. The van der Waals surface area contributed by atoms with Crippen LogP contribution in [-0.2, 0) is 9.59 Å². The lowest BCUT2D eigenvalue weighted by Crippen LogP contribution is -2.24. The number of carboxylic acid groups (broad SMARTS) is 1. The van der Waals surface area contributed by atoms with Gasteiger partial charge in [-0.15, -0.1) is 0 Å². The van der Waals surface area contributed by atoms with Gasteiger partial charge in [0, 0.05) is 0 Å². The average molecular weight is 235 g/mol. The molecule has 0 saturated heterocycles. The van der Waals surface area contributed by atoms with Gasteiger partial charge in [-0.2, -0.15) is 0 Å². The van der Waals surface area contributed by atoms with E-state index in [2.05, 4.69) is 5.32 Å². The first kappa shape index (κ1) is 13.2. The molecule has 0 aliphatic heterocycles. The second kappa shape index (κ2) is 5.48. The van der Waals surface area contributed by atoms with Crippen LogP contribution in [0.25, 0.3) is 0 Å². The van der Waals surface area contributed by atoms with Crippen LogP contribution >= 0.6 is 0 Å². The second-order valence-corrected chi connectivity index (χ2v) is 4.25. The van der Waals surface area contributed by atoms with E-state index in [1.807, 2.05) is 32.9 Å². The summed E-state index contributed by atoms with van der Waals surface area (Å²) in [6.45, 7) is 5.84. The van der Waals surface area contributed by atoms with Gasteiger partial charge in [0.15, 0.2) is 0 Å². The van der Waals surface area contributed by atoms with E-state index in [0.29, 0.717) is 6.41 Å². The summed E-state index contributed by atoms with van der Waals surface area (Å²) in [4.78, 5) is 21.3. The standard InChI is InChI=1S/C13H17NO3/c1-8-4-9(2)13(10(3)5-8)11(14-7-15)6-12(16)17/h4-5,7,11H,6H2,1-3H3,(H,14,15)(H,16,17)/t11-/m0/s1. The van der Waals surface area contributed by atoms with Crippen LogP contribution in [0.1, 0.15) is 34.7 Å². The molecule has 2 N–H and O–H groups in total. The highest BCUT2D eigenvalue weighted by Crippen LogP contribution is 2.25. The maximum atomic E-state index is 10.8. The first-order chi connectivity index (χ1) is 7.95. The normalized spacial score (nSPS) is 11.9. The Balaban J connectivity index is 3.17. The van der Waals surface area contributed by atoms with Crippen molar-refractivity contribution < 1.29 is 14.7 Å². The smallest absolute Gasteiger partial charge is 0.305 e. The molecule has 0 aromatic heterocycles. The molecule has 0 saturated carbocycles. The van der Waals surface area contributed by atoms with Crippen molar-refractivity contribution in [1.29, 1.82) is 0 Å². The molecular weight excluding hydrogens is 218 g/mol. The molecule has 0 unspecified atom stereocenters. The molecule has 0 aliphatic rings. The van der Waals surface area contributed by atoms with Crippen LogP contribution < -0.4 is 5.32 Å². The number of aliphatic carboxylic acids is 1. The zero-order valence-electron chi connectivity index (χ0n) is 10.3. The van der Waals surface area contributed by atoms with Crippen molar-refractivity contribution in [3.05, 3.63) is 34.4 Å². The van der Waals surface area contributed by atoms with Crippen molar-refractivity contribution in [2.75, 3.05) is 0 Å². The van der Waals surface area contributed by atoms with E-state index in [1.165, 1.54) is 0 Å². The molecule has 0 spiro atoms. The molecule has 0 radical (unpaired) electrons. The molecule has 0 aliphatic carbocycles. The molecular formula is C13H17NO3. The van der Waals surface area contributed by atoms with Gasteiger partial charge < -0.3 is 10.4 Å². The topological polar surface area (TPSA) is 66.4 Å². The van der Waals surface area contributed by atoms with Gasteiger partial charge in [-0.25, -0.2) is 0 Å². The number of carbonyl (C=O) groups is 2. The molecule has 1 rings (SSSR count). The third kappa shape index (κ3) is 3.31. The van der Waals surface area contributed by atoms with Crippen molar-refractivity contribution in [2.45, 2.75) is 33.2 Å². The maximum absolute atomic E-state index is 10.8. The van der Waals surface area contributed by atoms with E-state index in [0.717, 1.165) is 22.3 Å². The Morgan fingerprint density at radius 2 is 1.88 bits per heavy atom. The number of benzene rings is 1. The van der Waals surface area contributed by atoms with Crippen LogP contribution in [0.3, 0.4) is 0 Å². The Labute approximate surface area is 101 Å². The SMILES string of the molecule is Cc1cc(C)c([C@H](CC(=O)O)NC=O)c(C)c1. The summed E-state index contributed by atoms with van der Waals surface area (Å²) in [6, 6.07) is 3.51. The molecule has 0 bridgehead atoms. The molecule has 4 nitrogen and oxygen atoms in total. The quantitative estimate of drug-likeness (QED) is 0.766. The third-order valence-corrected chi connectivity index (χ3v) is 2.73. The highest BCUT2D eigenvalue weighted by Gasteiger charge is 2.18. The van der Waals surface area contributed by atoms with E-state index in [9.17, 15) is 9.59 Å². The molecule has 0 fully saturated rings. The first-order valence-corrected chi connectivity index (χ1v) is 5.45. The van der Waals surface area contributed by atoms with Gasteiger partial charge in [-0.05, 0) is 37.5 Å². The van der Waals surface area contributed by atoms with Gasteiger partial charge in [-0.1, -0.05) is 17.7 Å². The lowest BCUT2D eigenvalue weighted by molar-refractivity contribution is -0.137. The summed E-state index contributed by atoms with van der Waals surface area (Å²) in [5.74, 6) is -0.927. The number of hydrogen-bond acceptors (Lipinski definition) is 2. The minimum absolute atomic E-state index is 0.108. The number of amides is 1. The van der Waals surface area contributed by atoms with Crippen molar-refractivity contribution in [3.8, 4) is 0 Å². The summed E-state index contributed by atoms with van der Waals surface area (Å²) in [7, 11) is 0. The molecule has 1 aromatic rings. The number of carbonyl (C=O) groups excluding carboxylic acids is 1. The van der Waals surface area contributed by atoms with Gasteiger partial charge in [0.05, 0.1) is 12.5 Å². The van der Waals surface area contributed by atoms with E-state index >= 15 is 0 Å². The van der Waals surface area contributed by atoms with E-state index in [-0.39, 0.29) is 6.42 Å². The summed E-state index contributed by atoms with van der Waals surface area (Å²) >= 11 is 0. The molecule has 1 amide bonds. The fourth-order valence-electron chi connectivity index (χ4n) is 2.24. The second-order valence-electron chi connectivity index (χ2n) is 4.25. The Hall–Kier alpha value is -1.84. The lowest BCUT2D eigenvalue weighted by atomic mass is 9.92. The summed E-state index contributed by atoms with van der Waals surface area (Å²) in [6.07, 6.45) is 0.440. The van der Waals surface area contributed by atoms with Crippen molar-refractivity contribution in [1.82, 2.24) is 5.32 Å². The minimum Gasteiger partial charge on any atom is -0.481 e. The van der Waals surface area contributed by atoms with Crippen LogP contribution in [0.15, 0.2) is 12.1 Å². The van der Waals surface area contributed by atoms with Crippen LogP contribution in [0.5, 0.6) is 0 Å². The third-order valence-electron chi connectivity index (χ3n) is 2.73. The predicted molar refractivity (Wildman–Crippen MR) is 64.8 cm³/mol. The van der Waals surface area contributed by atoms with E-state index in [1.54, 1.807) is 0 Å². The van der Waals surface area contributed by atoms with Gasteiger partial charge in [0.25, 0.3) is 0 Å². The van der Waals surface area contributed by atoms with Crippen molar-refractivity contribution in [3.63, 3.8) is 0 Å². The molecule has 4 heteroatoms. The van der Waals surface area contributed by atoms with Crippen molar-refractivity contribution in [2.24, 2.45) is 0 Å². The van der Waals surface area contributed by atoms with Crippen molar-refractivity contribution >= 4 is 12.4 Å². The van der Waals surface area contributed by atoms with Gasteiger partial charge in [0.2, 0.25) is 6.41 Å². The fourth-order valence-corrected chi connectivity index (χ4v) is 2.24. The zero-order valence-corrected chi connectivity index (χ0v) is 10.3. The molecule has 1 atom stereocenters.